The highest BCUT2D eigenvalue weighted by molar-refractivity contribution is 7.89. The molecule has 1 aliphatic rings. The van der Waals surface area contributed by atoms with Gasteiger partial charge in [-0.2, -0.15) is 4.31 Å². The maximum atomic E-state index is 12.7. The Hall–Kier alpha value is -1.37. The Morgan fingerprint density at radius 2 is 1.54 bits per heavy atom. The number of benzene rings is 2. The molecule has 0 spiro atoms. The summed E-state index contributed by atoms with van der Waals surface area (Å²) in [6.07, 6.45) is 4.21. The molecule has 0 aliphatic carbocycles. The molecule has 0 atom stereocenters. The number of halogens is 2. The second-order valence-corrected chi connectivity index (χ2v) is 8.26. The summed E-state index contributed by atoms with van der Waals surface area (Å²) < 4.78 is 27.0. The van der Waals surface area contributed by atoms with E-state index in [1.54, 1.807) is 24.3 Å². The van der Waals surface area contributed by atoms with Crippen LogP contribution >= 0.6 is 24.0 Å². The Morgan fingerprint density at radius 3 is 2.19 bits per heavy atom. The third-order valence-corrected chi connectivity index (χ3v) is 6.66. The van der Waals surface area contributed by atoms with E-state index in [4.69, 9.17) is 11.6 Å². The lowest BCUT2D eigenvalue weighted by Gasteiger charge is -2.33. The zero-order valence-electron chi connectivity index (χ0n) is 14.3. The first-order valence-electron chi connectivity index (χ1n) is 8.26. The molecule has 7 heteroatoms. The van der Waals surface area contributed by atoms with Gasteiger partial charge in [0.2, 0.25) is 10.0 Å². The summed E-state index contributed by atoms with van der Waals surface area (Å²) >= 11 is 6.06. The Morgan fingerprint density at radius 1 is 0.923 bits per heavy atom. The van der Waals surface area contributed by atoms with Crippen LogP contribution in [0.5, 0.6) is 0 Å². The summed E-state index contributed by atoms with van der Waals surface area (Å²) in [6, 6.07) is 16.7. The fourth-order valence-electron chi connectivity index (χ4n) is 2.85. The third-order valence-electron chi connectivity index (χ3n) is 4.26. The maximum Gasteiger partial charge on any atom is 0.244 e. The predicted molar refractivity (Wildman–Crippen MR) is 109 cm³/mol. The molecule has 1 saturated heterocycles. The number of hydrogen-bond donors (Lipinski definition) is 0. The summed E-state index contributed by atoms with van der Waals surface area (Å²) in [7, 11) is -3.52. The number of rotatable bonds is 5. The lowest BCUT2D eigenvalue weighted by molar-refractivity contribution is 0.204. The summed E-state index contributed by atoms with van der Waals surface area (Å²) in [4.78, 5) is 2.44. The zero-order chi connectivity index (χ0) is 17.7. The van der Waals surface area contributed by atoms with Gasteiger partial charge in [0, 0.05) is 32.7 Å². The van der Waals surface area contributed by atoms with Gasteiger partial charge in [0.15, 0.2) is 0 Å². The molecule has 2 aromatic carbocycles. The number of piperazine rings is 1. The van der Waals surface area contributed by atoms with Crippen LogP contribution in [0.3, 0.4) is 0 Å². The van der Waals surface area contributed by atoms with Crippen LogP contribution in [0.15, 0.2) is 65.6 Å². The SMILES string of the molecule is Cl.O=S(=O)(c1ccccc1Cl)N1CCN(C/C=C/c2ccccc2)CC1. The van der Waals surface area contributed by atoms with Gasteiger partial charge in [-0.05, 0) is 17.7 Å². The van der Waals surface area contributed by atoms with E-state index in [0.717, 1.165) is 6.54 Å². The molecule has 0 amide bonds. The number of hydrogen-bond acceptors (Lipinski definition) is 3. The van der Waals surface area contributed by atoms with E-state index in [0.29, 0.717) is 26.2 Å². The zero-order valence-corrected chi connectivity index (χ0v) is 16.7. The van der Waals surface area contributed by atoms with Gasteiger partial charge in [0.1, 0.15) is 4.90 Å². The van der Waals surface area contributed by atoms with Gasteiger partial charge < -0.3 is 0 Å². The van der Waals surface area contributed by atoms with E-state index in [2.05, 4.69) is 29.2 Å². The van der Waals surface area contributed by atoms with Crippen molar-refractivity contribution in [1.82, 2.24) is 9.21 Å². The molecule has 4 nitrogen and oxygen atoms in total. The monoisotopic (exact) mass is 412 g/mol. The van der Waals surface area contributed by atoms with E-state index in [1.807, 2.05) is 18.2 Å². The molecule has 0 unspecified atom stereocenters. The second kappa shape index (κ2) is 9.53. The first kappa shape index (κ1) is 20.9. The molecule has 0 bridgehead atoms. The molecule has 26 heavy (non-hydrogen) atoms. The van der Waals surface area contributed by atoms with Crippen LogP contribution in [0.1, 0.15) is 5.56 Å². The number of sulfonamides is 1. The fourth-order valence-corrected chi connectivity index (χ4v) is 4.76. The van der Waals surface area contributed by atoms with Gasteiger partial charge in [-0.15, -0.1) is 12.4 Å². The smallest absolute Gasteiger partial charge is 0.244 e. The Balaban J connectivity index is 0.00000243. The van der Waals surface area contributed by atoms with Crippen molar-refractivity contribution < 1.29 is 8.42 Å². The molecule has 1 heterocycles. The van der Waals surface area contributed by atoms with E-state index < -0.39 is 10.0 Å². The summed E-state index contributed by atoms with van der Waals surface area (Å²) in [6.45, 7) is 3.19. The molecule has 2 aromatic rings. The average molecular weight is 413 g/mol. The van der Waals surface area contributed by atoms with Crippen LogP contribution in [-0.2, 0) is 10.0 Å². The van der Waals surface area contributed by atoms with Crippen molar-refractivity contribution in [2.24, 2.45) is 0 Å². The lowest BCUT2D eigenvalue weighted by Crippen LogP contribution is -2.48. The van der Waals surface area contributed by atoms with Crippen LogP contribution in [0, 0.1) is 0 Å². The van der Waals surface area contributed by atoms with Crippen LogP contribution < -0.4 is 0 Å². The normalized spacial score (nSPS) is 16.5. The molecule has 1 aliphatic heterocycles. The highest BCUT2D eigenvalue weighted by atomic mass is 35.5. The standard InChI is InChI=1S/C19H21ClN2O2S.ClH/c20-18-10-4-5-11-19(18)25(23,24)22-15-13-21(14-16-22)12-6-9-17-7-2-1-3-8-17;/h1-11H,12-16H2;1H/b9-6+;. The van der Waals surface area contributed by atoms with E-state index in [9.17, 15) is 8.42 Å². The van der Waals surface area contributed by atoms with Crippen molar-refractivity contribution in [3.05, 3.63) is 71.3 Å². The van der Waals surface area contributed by atoms with Crippen molar-refractivity contribution in [3.8, 4) is 0 Å². The van der Waals surface area contributed by atoms with Gasteiger partial charge in [-0.3, -0.25) is 4.90 Å². The molecule has 1 fully saturated rings. The molecular formula is C19H22Cl2N2O2S. The third kappa shape index (κ3) is 5.09. The summed E-state index contributed by atoms with van der Waals surface area (Å²) in [5.74, 6) is 0. The molecule has 0 aromatic heterocycles. The van der Waals surface area contributed by atoms with Gasteiger partial charge in [-0.1, -0.05) is 66.2 Å². The minimum Gasteiger partial charge on any atom is -0.297 e. The second-order valence-electron chi connectivity index (χ2n) is 5.95. The largest absolute Gasteiger partial charge is 0.297 e. The average Bonchev–Trinajstić information content (AvgIpc) is 2.63. The van der Waals surface area contributed by atoms with Crippen LogP contribution in [0.25, 0.3) is 6.08 Å². The highest BCUT2D eigenvalue weighted by Crippen LogP contribution is 2.24. The van der Waals surface area contributed by atoms with Crippen LogP contribution in [-0.4, -0.2) is 50.3 Å². The molecule has 3 rings (SSSR count). The maximum absolute atomic E-state index is 12.7. The van der Waals surface area contributed by atoms with E-state index >= 15 is 0 Å². The van der Waals surface area contributed by atoms with E-state index in [-0.39, 0.29) is 22.3 Å². The fraction of sp³-hybridized carbons (Fsp3) is 0.263. The van der Waals surface area contributed by atoms with Crippen LogP contribution in [0.4, 0.5) is 0 Å². The summed E-state index contributed by atoms with van der Waals surface area (Å²) in [5.41, 5.74) is 1.17. The Bertz CT molecular complexity index is 834. The quantitative estimate of drug-likeness (QED) is 0.749. The molecule has 0 radical (unpaired) electrons. The van der Waals surface area contributed by atoms with Gasteiger partial charge in [0.25, 0.3) is 0 Å². The van der Waals surface area contributed by atoms with Crippen molar-refractivity contribution in [1.29, 1.82) is 0 Å². The molecule has 0 N–H and O–H groups in total. The summed E-state index contributed by atoms with van der Waals surface area (Å²) in [5, 5.41) is 0.274. The molecule has 0 saturated carbocycles. The minimum atomic E-state index is -3.52. The Kier molecular flexibility index (Phi) is 7.68. The molecule has 140 valence electrons. The van der Waals surface area contributed by atoms with Gasteiger partial charge >= 0.3 is 0 Å². The van der Waals surface area contributed by atoms with Gasteiger partial charge in [-0.25, -0.2) is 8.42 Å². The first-order valence-corrected chi connectivity index (χ1v) is 10.1. The Labute approximate surface area is 166 Å². The van der Waals surface area contributed by atoms with Crippen molar-refractivity contribution in [2.75, 3.05) is 32.7 Å². The first-order chi connectivity index (χ1) is 12.1. The van der Waals surface area contributed by atoms with E-state index in [1.165, 1.54) is 9.87 Å². The topological polar surface area (TPSA) is 40.6 Å². The minimum absolute atomic E-state index is 0. The highest BCUT2D eigenvalue weighted by Gasteiger charge is 2.29. The lowest BCUT2D eigenvalue weighted by atomic mass is 10.2. The van der Waals surface area contributed by atoms with Gasteiger partial charge in [0.05, 0.1) is 5.02 Å². The molecular weight excluding hydrogens is 391 g/mol. The van der Waals surface area contributed by atoms with Crippen molar-refractivity contribution in [3.63, 3.8) is 0 Å². The van der Waals surface area contributed by atoms with Crippen LogP contribution in [0.2, 0.25) is 5.02 Å². The van der Waals surface area contributed by atoms with Crippen molar-refractivity contribution in [2.45, 2.75) is 4.90 Å². The number of nitrogens with zero attached hydrogens (tertiary/aromatic N) is 2. The predicted octanol–water partition coefficient (Wildman–Crippen LogP) is 3.78. The van der Waals surface area contributed by atoms with Crippen molar-refractivity contribution >= 4 is 40.1 Å².